The first-order chi connectivity index (χ1) is 11.2. The van der Waals surface area contributed by atoms with Gasteiger partial charge in [0.25, 0.3) is 0 Å². The Labute approximate surface area is 137 Å². The minimum absolute atomic E-state index is 0.360. The second-order valence-electron chi connectivity index (χ2n) is 5.44. The van der Waals surface area contributed by atoms with Crippen LogP contribution < -0.4 is 15.2 Å². The number of aryl methyl sites for hydroxylation is 1. The van der Waals surface area contributed by atoms with Gasteiger partial charge in [0.15, 0.2) is 11.5 Å². The van der Waals surface area contributed by atoms with Gasteiger partial charge in [0, 0.05) is 18.7 Å². The van der Waals surface area contributed by atoms with E-state index in [1.54, 1.807) is 14.2 Å². The van der Waals surface area contributed by atoms with Crippen molar-refractivity contribution in [2.45, 2.75) is 45.7 Å². The number of nitrogens with two attached hydrogens (primary N) is 1. The van der Waals surface area contributed by atoms with Gasteiger partial charge in [-0.05, 0) is 24.6 Å². The zero-order chi connectivity index (χ0) is 16.7. The Morgan fingerprint density at radius 2 is 1.87 bits per heavy atom. The highest BCUT2D eigenvalue weighted by molar-refractivity contribution is 5.66. The molecule has 0 aliphatic rings. The first-order valence-electron chi connectivity index (χ1n) is 8.10. The number of methoxy groups -OCH3 is 2. The molecule has 0 fully saturated rings. The maximum absolute atomic E-state index is 5.83. The van der Waals surface area contributed by atoms with Crippen molar-refractivity contribution in [2.24, 2.45) is 5.73 Å². The van der Waals surface area contributed by atoms with Crippen molar-refractivity contribution < 1.29 is 9.47 Å². The minimum Gasteiger partial charge on any atom is -0.493 e. The van der Waals surface area contributed by atoms with Crippen LogP contribution in [-0.4, -0.2) is 29.2 Å². The number of benzene rings is 1. The summed E-state index contributed by atoms with van der Waals surface area (Å²) in [6.07, 6.45) is 4.74. The minimum atomic E-state index is 0.360. The Kier molecular flexibility index (Phi) is 6.40. The highest BCUT2D eigenvalue weighted by atomic mass is 16.5. The van der Waals surface area contributed by atoms with E-state index < -0.39 is 0 Å². The Bertz CT molecular complexity index is 625. The van der Waals surface area contributed by atoms with Crippen LogP contribution in [0.25, 0.3) is 11.3 Å². The molecule has 23 heavy (non-hydrogen) atoms. The Morgan fingerprint density at radius 3 is 2.52 bits per heavy atom. The molecule has 2 N–H and O–H groups in total. The molecule has 0 aliphatic carbocycles. The van der Waals surface area contributed by atoms with E-state index in [1.165, 1.54) is 19.3 Å². The van der Waals surface area contributed by atoms with Crippen molar-refractivity contribution >= 4 is 0 Å². The fourth-order valence-corrected chi connectivity index (χ4v) is 2.63. The van der Waals surface area contributed by atoms with E-state index in [0.717, 1.165) is 29.9 Å². The molecule has 1 aromatic heterocycles. The van der Waals surface area contributed by atoms with Crippen LogP contribution in [-0.2, 0) is 13.1 Å². The van der Waals surface area contributed by atoms with Crippen molar-refractivity contribution in [2.75, 3.05) is 14.2 Å². The summed E-state index contributed by atoms with van der Waals surface area (Å²) in [5, 5.41) is 8.50. The van der Waals surface area contributed by atoms with E-state index >= 15 is 0 Å². The van der Waals surface area contributed by atoms with Crippen molar-refractivity contribution in [1.82, 2.24) is 15.0 Å². The van der Waals surface area contributed by atoms with Gasteiger partial charge in [0.05, 0.1) is 19.9 Å². The number of hydrogen-bond donors (Lipinski definition) is 1. The van der Waals surface area contributed by atoms with Crippen LogP contribution in [0.3, 0.4) is 0 Å². The van der Waals surface area contributed by atoms with E-state index in [2.05, 4.69) is 17.2 Å². The molecule has 0 saturated heterocycles. The summed E-state index contributed by atoms with van der Waals surface area (Å²) in [6.45, 7) is 3.41. The fraction of sp³-hybridized carbons (Fsp3) is 0.529. The summed E-state index contributed by atoms with van der Waals surface area (Å²) in [6, 6.07) is 5.82. The van der Waals surface area contributed by atoms with Crippen LogP contribution >= 0.6 is 0 Å². The van der Waals surface area contributed by atoms with E-state index in [0.29, 0.717) is 18.0 Å². The van der Waals surface area contributed by atoms with E-state index in [1.807, 2.05) is 22.9 Å². The van der Waals surface area contributed by atoms with Crippen molar-refractivity contribution in [1.29, 1.82) is 0 Å². The smallest absolute Gasteiger partial charge is 0.161 e. The topological polar surface area (TPSA) is 75.2 Å². The lowest BCUT2D eigenvalue weighted by molar-refractivity contribution is 0.355. The molecule has 0 amide bonds. The molecule has 0 bridgehead atoms. The quantitative estimate of drug-likeness (QED) is 0.719. The zero-order valence-corrected chi connectivity index (χ0v) is 14.2. The lowest BCUT2D eigenvalue weighted by atomic mass is 10.1. The normalized spacial score (nSPS) is 10.8. The molecule has 0 spiro atoms. The van der Waals surface area contributed by atoms with Crippen LogP contribution in [0.5, 0.6) is 11.5 Å². The molecule has 1 heterocycles. The number of unbranched alkanes of at least 4 members (excludes halogenated alkanes) is 3. The van der Waals surface area contributed by atoms with E-state index in [-0.39, 0.29) is 0 Å². The van der Waals surface area contributed by atoms with Gasteiger partial charge in [-0.2, -0.15) is 0 Å². The van der Waals surface area contributed by atoms with Crippen LogP contribution in [0, 0.1) is 0 Å². The van der Waals surface area contributed by atoms with Gasteiger partial charge in [-0.1, -0.05) is 31.4 Å². The van der Waals surface area contributed by atoms with E-state index in [9.17, 15) is 0 Å². The van der Waals surface area contributed by atoms with Gasteiger partial charge < -0.3 is 15.2 Å². The average molecular weight is 318 g/mol. The third kappa shape index (κ3) is 4.01. The molecule has 0 aliphatic heterocycles. The van der Waals surface area contributed by atoms with Gasteiger partial charge in [0.2, 0.25) is 0 Å². The Balaban J connectivity index is 2.31. The zero-order valence-electron chi connectivity index (χ0n) is 14.2. The van der Waals surface area contributed by atoms with Crippen molar-refractivity contribution in [3.8, 4) is 22.8 Å². The lowest BCUT2D eigenvalue weighted by Gasteiger charge is -2.12. The fourth-order valence-electron chi connectivity index (χ4n) is 2.63. The summed E-state index contributed by atoms with van der Waals surface area (Å²) in [7, 11) is 3.26. The Morgan fingerprint density at radius 1 is 1.09 bits per heavy atom. The number of rotatable bonds is 9. The molecule has 0 atom stereocenters. The molecule has 2 aromatic rings. The summed E-state index contributed by atoms with van der Waals surface area (Å²) in [4.78, 5) is 0. The van der Waals surface area contributed by atoms with Gasteiger partial charge >= 0.3 is 0 Å². The van der Waals surface area contributed by atoms with Crippen LogP contribution in [0.4, 0.5) is 0 Å². The summed E-state index contributed by atoms with van der Waals surface area (Å²) in [5.74, 6) is 1.39. The SMILES string of the molecule is CCCCCCn1nnc(CN)c1-c1ccc(OC)c(OC)c1. The largest absolute Gasteiger partial charge is 0.493 e. The Hall–Kier alpha value is -2.08. The molecule has 0 unspecified atom stereocenters. The standard InChI is InChI=1S/C17H26N4O2/c1-4-5-6-7-10-21-17(14(12-18)19-20-21)13-8-9-15(22-2)16(11-13)23-3/h8-9,11H,4-7,10,12,18H2,1-3H3. The molecule has 2 rings (SSSR count). The van der Waals surface area contributed by atoms with Gasteiger partial charge in [0.1, 0.15) is 5.69 Å². The van der Waals surface area contributed by atoms with Crippen molar-refractivity contribution in [3.63, 3.8) is 0 Å². The highest BCUT2D eigenvalue weighted by Crippen LogP contribution is 2.33. The maximum Gasteiger partial charge on any atom is 0.161 e. The predicted octanol–water partition coefficient (Wildman–Crippen LogP) is 3.00. The number of aromatic nitrogens is 3. The third-order valence-electron chi connectivity index (χ3n) is 3.88. The number of nitrogens with zero attached hydrogens (tertiary/aromatic N) is 3. The van der Waals surface area contributed by atoms with E-state index in [4.69, 9.17) is 15.2 Å². The van der Waals surface area contributed by atoms with Crippen LogP contribution in [0.15, 0.2) is 18.2 Å². The monoisotopic (exact) mass is 318 g/mol. The number of hydrogen-bond acceptors (Lipinski definition) is 5. The van der Waals surface area contributed by atoms with Crippen molar-refractivity contribution in [3.05, 3.63) is 23.9 Å². The lowest BCUT2D eigenvalue weighted by Crippen LogP contribution is -2.05. The molecule has 1 aromatic carbocycles. The molecular formula is C17H26N4O2. The molecule has 126 valence electrons. The highest BCUT2D eigenvalue weighted by Gasteiger charge is 2.16. The summed E-state index contributed by atoms with van der Waals surface area (Å²) < 4.78 is 12.6. The van der Waals surface area contributed by atoms with Gasteiger partial charge in [-0.15, -0.1) is 5.10 Å². The molecule has 0 saturated carbocycles. The summed E-state index contributed by atoms with van der Waals surface area (Å²) in [5.41, 5.74) is 8.58. The second-order valence-corrected chi connectivity index (χ2v) is 5.44. The molecular weight excluding hydrogens is 292 g/mol. The first-order valence-corrected chi connectivity index (χ1v) is 8.10. The maximum atomic E-state index is 5.83. The molecule has 0 radical (unpaired) electrons. The molecule has 6 heteroatoms. The summed E-state index contributed by atoms with van der Waals surface area (Å²) >= 11 is 0. The van der Waals surface area contributed by atoms with Crippen LogP contribution in [0.1, 0.15) is 38.3 Å². The predicted molar refractivity (Wildman–Crippen MR) is 90.6 cm³/mol. The average Bonchev–Trinajstić information content (AvgIpc) is 3.01. The first kappa shape index (κ1) is 17.3. The van der Waals surface area contributed by atoms with Gasteiger partial charge in [-0.25, -0.2) is 4.68 Å². The number of ether oxygens (including phenoxy) is 2. The van der Waals surface area contributed by atoms with Gasteiger partial charge in [-0.3, -0.25) is 0 Å². The van der Waals surface area contributed by atoms with Crippen LogP contribution in [0.2, 0.25) is 0 Å². The second kappa shape index (κ2) is 8.53. The molecule has 6 nitrogen and oxygen atoms in total. The third-order valence-corrected chi connectivity index (χ3v) is 3.88.